The number of benzene rings is 1. The first-order valence-corrected chi connectivity index (χ1v) is 13.0. The molecule has 0 bridgehead atoms. The summed E-state index contributed by atoms with van der Waals surface area (Å²) in [5, 5.41) is 13.2. The van der Waals surface area contributed by atoms with Gasteiger partial charge < -0.3 is 10.2 Å². The van der Waals surface area contributed by atoms with E-state index in [1.807, 2.05) is 6.07 Å². The molecule has 0 radical (unpaired) electrons. The third kappa shape index (κ3) is 4.22. The monoisotopic (exact) mass is 478 g/mol. The van der Waals surface area contributed by atoms with Crippen LogP contribution in [0.4, 0.5) is 21.8 Å². The largest absolute Gasteiger partial charge is 0.341 e. The number of hydrogen-bond donors (Lipinski definition) is 2. The average Bonchev–Trinajstić information content (AvgIpc) is 3.60. The van der Waals surface area contributed by atoms with E-state index in [1.54, 1.807) is 29.2 Å². The Hall–Kier alpha value is -2.91. The zero-order valence-corrected chi connectivity index (χ0v) is 19.6. The van der Waals surface area contributed by atoms with Crippen molar-refractivity contribution in [2.75, 3.05) is 29.1 Å². The maximum atomic E-state index is 13.7. The van der Waals surface area contributed by atoms with Crippen molar-refractivity contribution in [2.24, 2.45) is 0 Å². The number of fused-ring (bicyclic) bond motifs is 1. The third-order valence-corrected chi connectivity index (χ3v) is 8.20. The minimum atomic E-state index is -0.262. The Balaban J connectivity index is 1.19. The second-order valence-corrected chi connectivity index (χ2v) is 10.4. The van der Waals surface area contributed by atoms with E-state index in [1.165, 1.54) is 22.7 Å². The summed E-state index contributed by atoms with van der Waals surface area (Å²) in [5.41, 5.74) is 4.02. The average molecular weight is 479 g/mol. The van der Waals surface area contributed by atoms with Gasteiger partial charge in [-0.25, -0.2) is 9.37 Å². The Kier molecular flexibility index (Phi) is 5.51. The van der Waals surface area contributed by atoms with E-state index in [4.69, 9.17) is 9.97 Å². The van der Waals surface area contributed by atoms with Crippen LogP contribution in [0.15, 0.2) is 52.7 Å². The first kappa shape index (κ1) is 20.7. The number of nitrogens with one attached hydrogen (secondary N) is 2. The second kappa shape index (κ2) is 8.79. The van der Waals surface area contributed by atoms with Crippen LogP contribution in [0.1, 0.15) is 30.1 Å². The van der Waals surface area contributed by atoms with E-state index in [0.29, 0.717) is 11.6 Å². The Labute approximate surface area is 199 Å². The van der Waals surface area contributed by atoms with Crippen LogP contribution in [0, 0.1) is 5.82 Å². The fourth-order valence-corrected chi connectivity index (χ4v) is 6.20. The lowest BCUT2D eigenvalue weighted by atomic mass is 9.93. The number of H-pyrrole nitrogens is 1. The summed E-state index contributed by atoms with van der Waals surface area (Å²) in [6.07, 6.45) is 2.98. The molecule has 2 aliphatic heterocycles. The van der Waals surface area contributed by atoms with Crippen molar-refractivity contribution < 1.29 is 4.39 Å². The zero-order valence-electron chi connectivity index (χ0n) is 17.9. The van der Waals surface area contributed by atoms with E-state index in [-0.39, 0.29) is 5.82 Å². The van der Waals surface area contributed by atoms with Gasteiger partial charge in [0.25, 0.3) is 0 Å². The number of halogens is 1. The highest BCUT2D eigenvalue weighted by Gasteiger charge is 2.27. The lowest BCUT2D eigenvalue weighted by Crippen LogP contribution is -2.34. The first-order valence-electron chi connectivity index (χ1n) is 11.1. The van der Waals surface area contributed by atoms with Crippen LogP contribution in [0.5, 0.6) is 0 Å². The number of anilines is 3. The van der Waals surface area contributed by atoms with Crippen molar-refractivity contribution in [1.82, 2.24) is 20.2 Å². The zero-order chi connectivity index (χ0) is 22.2. The van der Waals surface area contributed by atoms with Crippen LogP contribution in [-0.2, 0) is 6.42 Å². The molecule has 9 heteroatoms. The molecule has 6 nitrogen and oxygen atoms in total. The van der Waals surface area contributed by atoms with Gasteiger partial charge in [0.15, 0.2) is 0 Å². The van der Waals surface area contributed by atoms with Gasteiger partial charge >= 0.3 is 0 Å². The number of nitrogens with zero attached hydrogens (tertiary/aromatic N) is 4. The molecule has 168 valence electrons. The summed E-state index contributed by atoms with van der Waals surface area (Å²) in [6.45, 7) is 1.78. The Bertz CT molecular complexity index is 1260. The molecule has 4 aromatic rings. The number of thioether (sulfide) groups is 1. The number of aromatic nitrogens is 4. The summed E-state index contributed by atoms with van der Waals surface area (Å²) in [4.78, 5) is 14.3. The molecule has 0 atom stereocenters. The van der Waals surface area contributed by atoms with E-state index in [2.05, 4.69) is 44.0 Å². The quantitative estimate of drug-likeness (QED) is 0.375. The summed E-state index contributed by atoms with van der Waals surface area (Å²) in [5.74, 6) is 2.73. The molecule has 0 amide bonds. The van der Waals surface area contributed by atoms with Crippen molar-refractivity contribution in [3.8, 4) is 10.6 Å². The van der Waals surface area contributed by atoms with Crippen LogP contribution in [-0.4, -0.2) is 39.0 Å². The van der Waals surface area contributed by atoms with Gasteiger partial charge in [0.1, 0.15) is 17.3 Å². The number of hydrogen-bond acceptors (Lipinski definition) is 7. The predicted molar refractivity (Wildman–Crippen MR) is 132 cm³/mol. The van der Waals surface area contributed by atoms with E-state index < -0.39 is 0 Å². The third-order valence-electron chi connectivity index (χ3n) is 6.19. The molecule has 1 aromatic carbocycles. The molecule has 0 unspecified atom stereocenters. The van der Waals surface area contributed by atoms with Crippen LogP contribution in [0.2, 0.25) is 0 Å². The topological polar surface area (TPSA) is 69.7 Å². The highest BCUT2D eigenvalue weighted by Crippen LogP contribution is 2.39. The van der Waals surface area contributed by atoms with Gasteiger partial charge in [0.2, 0.25) is 5.95 Å². The fourth-order valence-electron chi connectivity index (χ4n) is 4.47. The summed E-state index contributed by atoms with van der Waals surface area (Å²) in [6, 6.07) is 12.9. The van der Waals surface area contributed by atoms with Crippen molar-refractivity contribution >= 4 is 40.6 Å². The molecule has 1 saturated heterocycles. The van der Waals surface area contributed by atoms with Crippen molar-refractivity contribution in [1.29, 1.82) is 0 Å². The molecule has 0 saturated carbocycles. The standard InChI is InChI=1S/C24H23FN6S2/c25-16-3-1-4-17(13-16)26-23-22-18(8-12-33-22)27-24(28-23)31-9-6-15(7-10-31)19-14-20(30-29-19)21-5-2-11-32-21/h1-5,11,13-15H,6-10,12H2,(H,29,30)(H,26,27,28). The van der Waals surface area contributed by atoms with Gasteiger partial charge in [0.05, 0.1) is 15.5 Å². The van der Waals surface area contributed by atoms with E-state index in [9.17, 15) is 4.39 Å². The summed E-state index contributed by atoms with van der Waals surface area (Å²) < 4.78 is 13.7. The predicted octanol–water partition coefficient (Wildman–Crippen LogP) is 5.84. The molecule has 2 N–H and O–H groups in total. The van der Waals surface area contributed by atoms with Gasteiger partial charge in [-0.05, 0) is 48.6 Å². The van der Waals surface area contributed by atoms with Gasteiger partial charge in [-0.1, -0.05) is 12.1 Å². The number of rotatable bonds is 5. The molecule has 2 aliphatic rings. The lowest BCUT2D eigenvalue weighted by Gasteiger charge is -2.32. The van der Waals surface area contributed by atoms with Gasteiger partial charge in [-0.15, -0.1) is 23.1 Å². The fraction of sp³-hybridized carbons (Fsp3) is 0.292. The normalized spacial score (nSPS) is 16.2. The molecule has 5 heterocycles. The molecule has 6 rings (SSSR count). The van der Waals surface area contributed by atoms with Gasteiger partial charge in [-0.2, -0.15) is 10.1 Å². The van der Waals surface area contributed by atoms with Gasteiger partial charge in [0, 0.05) is 42.6 Å². The number of thiophene rings is 1. The summed E-state index contributed by atoms with van der Waals surface area (Å²) in [7, 11) is 0. The molecule has 1 fully saturated rings. The van der Waals surface area contributed by atoms with Crippen molar-refractivity contribution in [3.05, 3.63) is 65.0 Å². The molecule has 0 aliphatic carbocycles. The second-order valence-electron chi connectivity index (χ2n) is 8.33. The minimum absolute atomic E-state index is 0.262. The smallest absolute Gasteiger partial charge is 0.227 e. The molecule has 0 spiro atoms. The molecule has 33 heavy (non-hydrogen) atoms. The first-order chi connectivity index (χ1) is 16.2. The molecular formula is C24H23FN6S2. The number of piperidine rings is 1. The van der Waals surface area contributed by atoms with Crippen LogP contribution in [0.25, 0.3) is 10.6 Å². The lowest BCUT2D eigenvalue weighted by molar-refractivity contribution is 0.489. The Morgan fingerprint density at radius 3 is 2.82 bits per heavy atom. The molecular weight excluding hydrogens is 455 g/mol. The number of aryl methyl sites for hydroxylation is 1. The van der Waals surface area contributed by atoms with Gasteiger partial charge in [-0.3, -0.25) is 5.10 Å². The summed E-state index contributed by atoms with van der Waals surface area (Å²) >= 11 is 3.47. The van der Waals surface area contributed by atoms with E-state index in [0.717, 1.165) is 66.2 Å². The van der Waals surface area contributed by atoms with E-state index >= 15 is 0 Å². The van der Waals surface area contributed by atoms with Crippen molar-refractivity contribution in [3.63, 3.8) is 0 Å². The minimum Gasteiger partial charge on any atom is -0.341 e. The Morgan fingerprint density at radius 2 is 2.00 bits per heavy atom. The van der Waals surface area contributed by atoms with Crippen LogP contribution in [0.3, 0.4) is 0 Å². The molecule has 3 aromatic heterocycles. The van der Waals surface area contributed by atoms with Crippen LogP contribution >= 0.6 is 23.1 Å². The maximum Gasteiger partial charge on any atom is 0.227 e. The number of aromatic amines is 1. The SMILES string of the molecule is Fc1cccc(Nc2nc(N3CCC(c4cc(-c5cccs5)n[nH]4)CC3)nc3c2SCC3)c1. The van der Waals surface area contributed by atoms with Crippen LogP contribution < -0.4 is 10.2 Å². The Morgan fingerprint density at radius 1 is 1.09 bits per heavy atom. The van der Waals surface area contributed by atoms with Crippen molar-refractivity contribution in [2.45, 2.75) is 30.1 Å². The maximum absolute atomic E-state index is 13.7. The highest BCUT2D eigenvalue weighted by molar-refractivity contribution is 7.99. The highest BCUT2D eigenvalue weighted by atomic mass is 32.2.